The summed E-state index contributed by atoms with van der Waals surface area (Å²) in [4.78, 5) is 7.91. The highest BCUT2D eigenvalue weighted by Crippen LogP contribution is 2.34. The summed E-state index contributed by atoms with van der Waals surface area (Å²) in [6.07, 6.45) is 0. The van der Waals surface area contributed by atoms with Gasteiger partial charge in [-0.05, 0) is 52.7 Å². The van der Waals surface area contributed by atoms with Crippen LogP contribution in [0.5, 0.6) is 0 Å². The first kappa shape index (κ1) is 12.7. The van der Waals surface area contributed by atoms with Gasteiger partial charge in [0.05, 0.1) is 16.7 Å². The van der Waals surface area contributed by atoms with Crippen LogP contribution in [0.3, 0.4) is 0 Å². The van der Waals surface area contributed by atoms with Gasteiger partial charge in [-0.1, -0.05) is 22.0 Å². The maximum atomic E-state index is 6.11. The number of nitrogens with zero attached hydrogens (tertiary/aromatic N) is 1. The van der Waals surface area contributed by atoms with E-state index in [2.05, 4.69) is 54.8 Å². The Bertz CT molecular complexity index is 778. The maximum Gasteiger partial charge on any atom is 0.140 e. The molecule has 19 heavy (non-hydrogen) atoms. The topological polar surface area (TPSA) is 54.7 Å². The molecule has 3 nitrogen and oxygen atoms in total. The molecule has 2 aromatic carbocycles. The van der Waals surface area contributed by atoms with Crippen LogP contribution in [0.4, 0.5) is 5.69 Å². The Morgan fingerprint density at radius 2 is 1.95 bits per heavy atom. The number of aromatic nitrogens is 2. The van der Waals surface area contributed by atoms with Gasteiger partial charge in [0, 0.05) is 14.5 Å². The number of hydrogen-bond acceptors (Lipinski definition) is 2. The molecule has 0 saturated carbocycles. The number of nitrogens with two attached hydrogens (primary N) is 1. The molecule has 0 aliphatic carbocycles. The van der Waals surface area contributed by atoms with Crippen LogP contribution >= 0.6 is 31.9 Å². The molecule has 0 amide bonds. The summed E-state index contributed by atoms with van der Waals surface area (Å²) in [7, 11) is 0. The third-order valence-corrected chi connectivity index (χ3v) is 4.10. The number of rotatable bonds is 1. The van der Waals surface area contributed by atoms with Crippen molar-refractivity contribution >= 4 is 48.6 Å². The Balaban J connectivity index is 2.24. The zero-order valence-corrected chi connectivity index (χ0v) is 13.3. The van der Waals surface area contributed by atoms with Crippen molar-refractivity contribution in [2.45, 2.75) is 6.92 Å². The summed E-state index contributed by atoms with van der Waals surface area (Å²) in [5.41, 5.74) is 10.8. The average Bonchev–Trinajstić information content (AvgIpc) is 2.76. The number of imidazole rings is 1. The highest BCUT2D eigenvalue weighted by atomic mass is 79.9. The largest absolute Gasteiger partial charge is 0.397 e. The number of benzene rings is 2. The Morgan fingerprint density at radius 3 is 2.74 bits per heavy atom. The van der Waals surface area contributed by atoms with E-state index in [1.54, 1.807) is 0 Å². The van der Waals surface area contributed by atoms with Crippen LogP contribution in [-0.4, -0.2) is 9.97 Å². The van der Waals surface area contributed by atoms with E-state index in [1.807, 2.05) is 24.3 Å². The molecule has 3 rings (SSSR count). The van der Waals surface area contributed by atoms with Crippen molar-refractivity contribution < 1.29 is 0 Å². The Labute approximate surface area is 127 Å². The number of nitrogens with one attached hydrogen (secondary N) is 1. The van der Waals surface area contributed by atoms with Crippen LogP contribution in [0.25, 0.3) is 22.4 Å². The zero-order valence-electron chi connectivity index (χ0n) is 10.2. The van der Waals surface area contributed by atoms with Gasteiger partial charge in [0.15, 0.2) is 0 Å². The van der Waals surface area contributed by atoms with Crippen molar-refractivity contribution in [3.8, 4) is 11.4 Å². The third-order valence-electron chi connectivity index (χ3n) is 2.99. The fraction of sp³-hybridized carbons (Fsp3) is 0.0714. The van der Waals surface area contributed by atoms with E-state index in [1.165, 1.54) is 5.56 Å². The van der Waals surface area contributed by atoms with Crippen molar-refractivity contribution in [2.24, 2.45) is 0 Å². The fourth-order valence-corrected chi connectivity index (χ4v) is 3.26. The predicted molar refractivity (Wildman–Crippen MR) is 86.1 cm³/mol. The lowest BCUT2D eigenvalue weighted by atomic mass is 10.2. The molecular formula is C14H11Br2N3. The van der Waals surface area contributed by atoms with Gasteiger partial charge < -0.3 is 10.7 Å². The van der Waals surface area contributed by atoms with Crippen molar-refractivity contribution in [3.63, 3.8) is 0 Å². The van der Waals surface area contributed by atoms with E-state index in [4.69, 9.17) is 5.73 Å². The molecule has 3 aromatic rings. The van der Waals surface area contributed by atoms with E-state index in [9.17, 15) is 0 Å². The number of aromatic amines is 1. The monoisotopic (exact) mass is 379 g/mol. The van der Waals surface area contributed by atoms with E-state index >= 15 is 0 Å². The van der Waals surface area contributed by atoms with Crippen LogP contribution in [0.1, 0.15) is 5.56 Å². The van der Waals surface area contributed by atoms with Crippen LogP contribution in [0.15, 0.2) is 39.3 Å². The Kier molecular flexibility index (Phi) is 3.11. The lowest BCUT2D eigenvalue weighted by molar-refractivity contribution is 1.33. The number of hydrogen-bond donors (Lipinski definition) is 2. The summed E-state index contributed by atoms with van der Waals surface area (Å²) in [6.45, 7) is 2.06. The maximum absolute atomic E-state index is 6.11. The molecule has 0 fully saturated rings. The van der Waals surface area contributed by atoms with Gasteiger partial charge in [-0.15, -0.1) is 0 Å². The number of H-pyrrole nitrogens is 1. The smallest absolute Gasteiger partial charge is 0.140 e. The molecule has 0 atom stereocenters. The first-order chi connectivity index (χ1) is 9.04. The van der Waals surface area contributed by atoms with Crippen LogP contribution < -0.4 is 5.73 Å². The second kappa shape index (κ2) is 4.65. The van der Waals surface area contributed by atoms with Crippen LogP contribution in [0, 0.1) is 6.92 Å². The third kappa shape index (κ3) is 2.28. The normalized spacial score (nSPS) is 11.1. The molecule has 0 saturated heterocycles. The highest BCUT2D eigenvalue weighted by Gasteiger charge is 2.11. The summed E-state index contributed by atoms with van der Waals surface area (Å²) in [6, 6.07) is 10.0. The molecule has 0 radical (unpaired) electrons. The van der Waals surface area contributed by atoms with Crippen LogP contribution in [0.2, 0.25) is 0 Å². The molecule has 0 aliphatic heterocycles. The van der Waals surface area contributed by atoms with Gasteiger partial charge in [0.1, 0.15) is 5.82 Å². The molecule has 0 spiro atoms. The second-order valence-corrected chi connectivity index (χ2v) is 6.22. The molecule has 3 N–H and O–H groups in total. The molecule has 96 valence electrons. The standard InChI is InChI=1S/C14H11Br2N3/c1-7-2-3-11-12(4-7)19-14(18-11)9-5-8(15)6-10(16)13(9)17/h2-6H,17H2,1H3,(H,18,19). The van der Waals surface area contributed by atoms with Crippen molar-refractivity contribution in [3.05, 3.63) is 44.8 Å². The number of fused-ring (bicyclic) bond motifs is 1. The van der Waals surface area contributed by atoms with Gasteiger partial charge in [0.25, 0.3) is 0 Å². The lowest BCUT2D eigenvalue weighted by Crippen LogP contribution is -1.93. The average molecular weight is 381 g/mol. The number of halogens is 2. The van der Waals surface area contributed by atoms with Gasteiger partial charge in [-0.3, -0.25) is 0 Å². The van der Waals surface area contributed by atoms with Gasteiger partial charge in [-0.2, -0.15) is 0 Å². The predicted octanol–water partition coefficient (Wildman–Crippen LogP) is 4.65. The summed E-state index contributed by atoms with van der Waals surface area (Å²) in [5, 5.41) is 0. The highest BCUT2D eigenvalue weighted by molar-refractivity contribution is 9.11. The Morgan fingerprint density at radius 1 is 1.16 bits per heavy atom. The first-order valence-corrected chi connectivity index (χ1v) is 7.34. The van der Waals surface area contributed by atoms with Crippen LogP contribution in [-0.2, 0) is 0 Å². The van der Waals surface area contributed by atoms with Gasteiger partial charge in [-0.25, -0.2) is 4.98 Å². The van der Waals surface area contributed by atoms with Gasteiger partial charge in [0.2, 0.25) is 0 Å². The van der Waals surface area contributed by atoms with Crippen molar-refractivity contribution in [1.29, 1.82) is 0 Å². The molecule has 5 heteroatoms. The number of anilines is 1. The lowest BCUT2D eigenvalue weighted by Gasteiger charge is -2.05. The van der Waals surface area contributed by atoms with Gasteiger partial charge >= 0.3 is 0 Å². The van der Waals surface area contributed by atoms with Crippen molar-refractivity contribution in [2.75, 3.05) is 5.73 Å². The molecular weight excluding hydrogens is 370 g/mol. The second-order valence-electron chi connectivity index (χ2n) is 4.45. The molecule has 0 unspecified atom stereocenters. The van der Waals surface area contributed by atoms with E-state index in [-0.39, 0.29) is 0 Å². The fourth-order valence-electron chi connectivity index (χ4n) is 2.03. The molecule has 1 aromatic heterocycles. The summed E-state index contributed by atoms with van der Waals surface area (Å²) < 4.78 is 1.81. The SMILES string of the molecule is Cc1ccc2nc(-c3cc(Br)cc(Br)c3N)[nH]c2c1. The van der Waals surface area contributed by atoms with Crippen molar-refractivity contribution in [1.82, 2.24) is 9.97 Å². The molecule has 0 bridgehead atoms. The molecule has 0 aliphatic rings. The zero-order chi connectivity index (χ0) is 13.6. The minimum atomic E-state index is 0.680. The van der Waals surface area contributed by atoms with E-state index < -0.39 is 0 Å². The van der Waals surface area contributed by atoms with E-state index in [0.29, 0.717) is 5.69 Å². The summed E-state index contributed by atoms with van der Waals surface area (Å²) >= 11 is 6.93. The first-order valence-electron chi connectivity index (χ1n) is 5.76. The number of aryl methyl sites for hydroxylation is 1. The molecule has 1 heterocycles. The minimum absolute atomic E-state index is 0.680. The Hall–Kier alpha value is -1.33. The number of nitrogen functional groups attached to an aromatic ring is 1. The summed E-state index contributed by atoms with van der Waals surface area (Å²) in [5.74, 6) is 0.778. The quantitative estimate of drug-likeness (QED) is 0.604. The minimum Gasteiger partial charge on any atom is -0.397 e. The van der Waals surface area contributed by atoms with E-state index in [0.717, 1.165) is 31.4 Å².